The van der Waals surface area contributed by atoms with E-state index in [0.29, 0.717) is 30.2 Å². The monoisotopic (exact) mass is 428 g/mol. The molecule has 0 atom stereocenters. The van der Waals surface area contributed by atoms with Crippen LogP contribution in [0.15, 0.2) is 72.8 Å². The van der Waals surface area contributed by atoms with Crippen LogP contribution in [0.25, 0.3) is 17.2 Å². The molecule has 31 heavy (non-hydrogen) atoms. The highest BCUT2D eigenvalue weighted by atomic mass is 35.5. The number of rotatable bonds is 6. The Morgan fingerprint density at radius 1 is 1.06 bits per heavy atom. The predicted molar refractivity (Wildman–Crippen MR) is 123 cm³/mol. The van der Waals surface area contributed by atoms with Gasteiger partial charge < -0.3 is 10.1 Å². The van der Waals surface area contributed by atoms with Gasteiger partial charge in [0.1, 0.15) is 6.61 Å². The van der Waals surface area contributed by atoms with Crippen LogP contribution in [0.1, 0.15) is 34.6 Å². The van der Waals surface area contributed by atoms with E-state index in [2.05, 4.69) is 35.7 Å². The third-order valence-electron chi connectivity index (χ3n) is 5.36. The van der Waals surface area contributed by atoms with E-state index in [0.717, 1.165) is 5.56 Å². The average Bonchev–Trinajstić information content (AvgIpc) is 3.12. The van der Waals surface area contributed by atoms with Crippen molar-refractivity contribution in [2.45, 2.75) is 12.3 Å². The van der Waals surface area contributed by atoms with Crippen molar-refractivity contribution in [3.05, 3.63) is 100 Å². The minimum atomic E-state index is -0.431. The van der Waals surface area contributed by atoms with Crippen molar-refractivity contribution in [2.75, 3.05) is 13.2 Å². The highest BCUT2D eigenvalue weighted by molar-refractivity contribution is 6.30. The van der Waals surface area contributed by atoms with E-state index in [1.54, 1.807) is 18.2 Å². The van der Waals surface area contributed by atoms with Crippen LogP contribution >= 0.6 is 11.6 Å². The number of amides is 1. The van der Waals surface area contributed by atoms with Gasteiger partial charge in [0.15, 0.2) is 0 Å². The summed E-state index contributed by atoms with van der Waals surface area (Å²) in [6, 6.07) is 23.8. The van der Waals surface area contributed by atoms with Crippen molar-refractivity contribution in [2.24, 2.45) is 0 Å². The van der Waals surface area contributed by atoms with Crippen LogP contribution in [0.3, 0.4) is 0 Å². The fourth-order valence-electron chi connectivity index (χ4n) is 3.89. The van der Waals surface area contributed by atoms with E-state index in [1.165, 1.54) is 22.3 Å². The number of benzene rings is 3. The summed E-state index contributed by atoms with van der Waals surface area (Å²) < 4.78 is 5.52. The van der Waals surface area contributed by atoms with Crippen LogP contribution in [0, 0.1) is 11.3 Å². The molecule has 0 heterocycles. The first-order valence-corrected chi connectivity index (χ1v) is 10.5. The van der Waals surface area contributed by atoms with Gasteiger partial charge in [0.2, 0.25) is 0 Å². The quantitative estimate of drug-likeness (QED) is 0.478. The molecule has 1 aliphatic rings. The van der Waals surface area contributed by atoms with E-state index in [9.17, 15) is 10.1 Å². The maximum atomic E-state index is 12.2. The maximum absolute atomic E-state index is 12.2. The second kappa shape index (κ2) is 9.51. The highest BCUT2D eigenvalue weighted by Crippen LogP contribution is 2.44. The van der Waals surface area contributed by atoms with Gasteiger partial charge in [-0.05, 0) is 46.4 Å². The Balaban J connectivity index is 1.28. The van der Waals surface area contributed by atoms with E-state index >= 15 is 0 Å². The van der Waals surface area contributed by atoms with E-state index < -0.39 is 6.09 Å². The van der Waals surface area contributed by atoms with Gasteiger partial charge in [-0.25, -0.2) is 4.79 Å². The van der Waals surface area contributed by atoms with E-state index in [4.69, 9.17) is 16.3 Å². The Morgan fingerprint density at radius 2 is 1.74 bits per heavy atom. The molecule has 0 bridgehead atoms. The van der Waals surface area contributed by atoms with Gasteiger partial charge in [-0.3, -0.25) is 0 Å². The zero-order valence-electron chi connectivity index (χ0n) is 16.8. The summed E-state index contributed by atoms with van der Waals surface area (Å²) in [6.45, 7) is 0.745. The van der Waals surface area contributed by atoms with Crippen molar-refractivity contribution < 1.29 is 9.53 Å². The lowest BCUT2D eigenvalue weighted by Crippen LogP contribution is -2.26. The third-order valence-corrected chi connectivity index (χ3v) is 5.59. The summed E-state index contributed by atoms with van der Waals surface area (Å²) in [5, 5.41) is 12.5. The number of hydrogen-bond donors (Lipinski definition) is 1. The summed E-state index contributed by atoms with van der Waals surface area (Å²) >= 11 is 5.91. The zero-order chi connectivity index (χ0) is 21.6. The summed E-state index contributed by atoms with van der Waals surface area (Å²) in [5.74, 6) is 0.0485. The van der Waals surface area contributed by atoms with Crippen LogP contribution in [0.4, 0.5) is 4.79 Å². The van der Waals surface area contributed by atoms with Crippen molar-refractivity contribution in [3.8, 4) is 17.2 Å². The Morgan fingerprint density at radius 3 is 2.42 bits per heavy atom. The van der Waals surface area contributed by atoms with Crippen LogP contribution in [0.2, 0.25) is 5.02 Å². The molecular weight excluding hydrogens is 408 g/mol. The van der Waals surface area contributed by atoms with Gasteiger partial charge >= 0.3 is 6.09 Å². The second-order valence-corrected chi connectivity index (χ2v) is 7.72. The number of fused-ring (bicyclic) bond motifs is 3. The lowest BCUT2D eigenvalue weighted by Gasteiger charge is -2.14. The number of ether oxygens (including phenoxy) is 1. The molecule has 0 saturated heterocycles. The SMILES string of the molecule is N#Cc1cc(Cl)ccc1C=CCCNC(=O)OCC1c2ccccc2-c2ccccc21. The van der Waals surface area contributed by atoms with Crippen LogP contribution in [-0.4, -0.2) is 19.2 Å². The molecule has 0 aromatic heterocycles. The molecule has 1 N–H and O–H groups in total. The van der Waals surface area contributed by atoms with Gasteiger partial charge in [0.05, 0.1) is 11.6 Å². The molecule has 154 valence electrons. The van der Waals surface area contributed by atoms with Crippen molar-refractivity contribution in [1.29, 1.82) is 5.26 Å². The lowest BCUT2D eigenvalue weighted by molar-refractivity contribution is 0.143. The minimum absolute atomic E-state index is 0.0485. The van der Waals surface area contributed by atoms with Crippen molar-refractivity contribution in [3.63, 3.8) is 0 Å². The number of hydrogen-bond acceptors (Lipinski definition) is 3. The number of nitrogens with one attached hydrogen (secondary N) is 1. The minimum Gasteiger partial charge on any atom is -0.449 e. The predicted octanol–water partition coefficient (Wildman–Crippen LogP) is 6.15. The Kier molecular flexibility index (Phi) is 6.35. The molecule has 4 nitrogen and oxygen atoms in total. The summed E-state index contributed by atoms with van der Waals surface area (Å²) in [4.78, 5) is 12.2. The number of nitrogens with zero attached hydrogens (tertiary/aromatic N) is 1. The molecule has 0 saturated carbocycles. The first-order chi connectivity index (χ1) is 15.2. The molecule has 1 amide bonds. The van der Waals surface area contributed by atoms with Gasteiger partial charge in [0.25, 0.3) is 0 Å². The molecule has 3 aromatic rings. The lowest BCUT2D eigenvalue weighted by atomic mass is 9.98. The number of nitriles is 1. The molecule has 0 aliphatic heterocycles. The number of carbonyl (C=O) groups excluding carboxylic acids is 1. The molecule has 3 aromatic carbocycles. The molecule has 0 spiro atoms. The van der Waals surface area contributed by atoms with E-state index in [-0.39, 0.29) is 5.92 Å². The molecular formula is C26H21ClN2O2. The summed E-state index contributed by atoms with van der Waals surface area (Å²) in [7, 11) is 0. The second-order valence-electron chi connectivity index (χ2n) is 7.29. The molecule has 0 unspecified atom stereocenters. The van der Waals surface area contributed by atoms with Crippen molar-refractivity contribution >= 4 is 23.8 Å². The first kappa shape index (κ1) is 20.7. The Hall–Kier alpha value is -3.55. The van der Waals surface area contributed by atoms with E-state index in [1.807, 2.05) is 36.4 Å². The van der Waals surface area contributed by atoms with Gasteiger partial charge in [-0.15, -0.1) is 0 Å². The summed E-state index contributed by atoms with van der Waals surface area (Å²) in [6.07, 6.45) is 3.96. The Bertz CT molecular complexity index is 1130. The Labute approximate surface area is 186 Å². The fourth-order valence-corrected chi connectivity index (χ4v) is 4.06. The maximum Gasteiger partial charge on any atom is 0.407 e. The molecule has 0 fully saturated rings. The van der Waals surface area contributed by atoms with Crippen LogP contribution in [0.5, 0.6) is 0 Å². The standard InChI is InChI=1S/C26H21ClN2O2/c27-20-13-12-18(19(15-20)16-28)7-5-6-14-29-26(30)31-17-25-23-10-3-1-8-21(23)22-9-2-4-11-24(22)25/h1-5,7-13,15,25H,6,14,17H2,(H,29,30). The smallest absolute Gasteiger partial charge is 0.407 e. The van der Waals surface area contributed by atoms with Gasteiger partial charge in [0, 0.05) is 17.5 Å². The topological polar surface area (TPSA) is 62.1 Å². The van der Waals surface area contributed by atoms with Crippen LogP contribution < -0.4 is 5.32 Å². The highest BCUT2D eigenvalue weighted by Gasteiger charge is 2.28. The largest absolute Gasteiger partial charge is 0.449 e. The van der Waals surface area contributed by atoms with Crippen molar-refractivity contribution in [1.82, 2.24) is 5.32 Å². The number of alkyl carbamates (subject to hydrolysis) is 1. The third kappa shape index (κ3) is 4.63. The normalized spacial score (nSPS) is 12.3. The molecule has 4 rings (SSSR count). The zero-order valence-corrected chi connectivity index (χ0v) is 17.6. The molecule has 1 aliphatic carbocycles. The number of carbonyl (C=O) groups is 1. The first-order valence-electron chi connectivity index (χ1n) is 10.1. The average molecular weight is 429 g/mol. The van der Waals surface area contributed by atoms with Gasteiger partial charge in [-0.2, -0.15) is 5.26 Å². The number of halogens is 1. The summed E-state index contributed by atoms with van der Waals surface area (Å²) in [5.41, 5.74) is 6.11. The van der Waals surface area contributed by atoms with Gasteiger partial charge in [-0.1, -0.05) is 78.4 Å². The molecule has 5 heteroatoms. The molecule has 0 radical (unpaired) electrons. The van der Waals surface area contributed by atoms with Crippen LogP contribution in [-0.2, 0) is 4.74 Å². The fraction of sp³-hybridized carbons (Fsp3) is 0.154.